The number of carbonyl (C=O) groups is 1. The monoisotopic (exact) mass is 224 g/mol. The van der Waals surface area contributed by atoms with Gasteiger partial charge in [-0.25, -0.2) is 0 Å². The van der Waals surface area contributed by atoms with Gasteiger partial charge in [-0.05, 0) is 31.0 Å². The molecule has 0 heterocycles. The highest BCUT2D eigenvalue weighted by Crippen LogP contribution is 2.28. The molecule has 0 bridgehead atoms. The lowest BCUT2D eigenvalue weighted by Crippen LogP contribution is -2.13. The van der Waals surface area contributed by atoms with Crippen LogP contribution in [0.4, 0.5) is 0 Å². The molecule has 0 fully saturated rings. The molecule has 0 amide bonds. The molecule has 0 saturated carbocycles. The molecule has 2 N–H and O–H groups in total. The summed E-state index contributed by atoms with van der Waals surface area (Å²) in [5.74, 6) is -1.20. The van der Waals surface area contributed by atoms with Gasteiger partial charge in [0.1, 0.15) is 0 Å². The molecule has 0 radical (unpaired) electrons. The molecule has 1 atom stereocenters. The predicted octanol–water partition coefficient (Wildman–Crippen LogP) is 2.15. The average Bonchev–Trinajstić information content (AvgIpc) is 2.28. The van der Waals surface area contributed by atoms with E-state index in [0.29, 0.717) is 12.2 Å². The highest BCUT2D eigenvalue weighted by atomic mass is 16.5. The van der Waals surface area contributed by atoms with Crippen LogP contribution in [0.2, 0.25) is 0 Å². The van der Waals surface area contributed by atoms with E-state index >= 15 is 0 Å². The van der Waals surface area contributed by atoms with Crippen LogP contribution >= 0.6 is 0 Å². The minimum absolute atomic E-state index is 0.196. The number of esters is 1. The first-order chi connectivity index (χ1) is 7.56. The van der Waals surface area contributed by atoms with Gasteiger partial charge in [0.05, 0.1) is 12.5 Å². The van der Waals surface area contributed by atoms with Crippen molar-refractivity contribution in [3.8, 4) is 11.5 Å². The van der Waals surface area contributed by atoms with Crippen molar-refractivity contribution < 1.29 is 19.7 Å². The molecule has 4 heteroatoms. The molecule has 1 unspecified atom stereocenters. The molecule has 16 heavy (non-hydrogen) atoms. The fraction of sp³-hybridized carbons (Fsp3) is 0.417. The van der Waals surface area contributed by atoms with Crippen LogP contribution in [0.15, 0.2) is 18.2 Å². The average molecular weight is 224 g/mol. The van der Waals surface area contributed by atoms with Crippen LogP contribution in [-0.2, 0) is 9.53 Å². The van der Waals surface area contributed by atoms with Crippen LogP contribution in [0, 0.1) is 0 Å². The Bertz CT molecular complexity index is 373. The normalized spacial score (nSPS) is 12.1. The summed E-state index contributed by atoms with van der Waals surface area (Å²) in [4.78, 5) is 11.5. The fourth-order valence-electron chi connectivity index (χ4n) is 1.27. The zero-order chi connectivity index (χ0) is 12.1. The van der Waals surface area contributed by atoms with Gasteiger partial charge in [-0.3, -0.25) is 4.79 Å². The minimum Gasteiger partial charge on any atom is -0.504 e. The molecule has 0 aliphatic heterocycles. The Labute approximate surface area is 94.5 Å². The Kier molecular flexibility index (Phi) is 4.17. The predicted molar refractivity (Wildman–Crippen MR) is 59.4 cm³/mol. The van der Waals surface area contributed by atoms with Gasteiger partial charge in [0.25, 0.3) is 0 Å². The highest BCUT2D eigenvalue weighted by Gasteiger charge is 2.17. The quantitative estimate of drug-likeness (QED) is 0.607. The second-order valence-corrected chi connectivity index (χ2v) is 3.64. The maximum Gasteiger partial charge on any atom is 0.313 e. The van der Waals surface area contributed by atoms with Gasteiger partial charge >= 0.3 is 5.97 Å². The third kappa shape index (κ3) is 2.89. The van der Waals surface area contributed by atoms with Crippen LogP contribution in [0.3, 0.4) is 0 Å². The second kappa shape index (κ2) is 5.39. The van der Waals surface area contributed by atoms with E-state index in [9.17, 15) is 9.90 Å². The van der Waals surface area contributed by atoms with Crippen molar-refractivity contribution in [3.63, 3.8) is 0 Å². The van der Waals surface area contributed by atoms with Crippen molar-refractivity contribution in [1.29, 1.82) is 0 Å². The van der Waals surface area contributed by atoms with Crippen LogP contribution in [0.25, 0.3) is 0 Å². The summed E-state index contributed by atoms with van der Waals surface area (Å²) in [6.07, 6.45) is 0.777. The molecule has 4 nitrogen and oxygen atoms in total. The van der Waals surface area contributed by atoms with Gasteiger partial charge in [-0.15, -0.1) is 0 Å². The van der Waals surface area contributed by atoms with Gasteiger partial charge in [0, 0.05) is 0 Å². The van der Waals surface area contributed by atoms with Crippen molar-refractivity contribution in [3.05, 3.63) is 23.8 Å². The molecule has 88 valence electrons. The van der Waals surface area contributed by atoms with Crippen LogP contribution < -0.4 is 0 Å². The van der Waals surface area contributed by atoms with Gasteiger partial charge in [0.15, 0.2) is 11.5 Å². The first-order valence-corrected chi connectivity index (χ1v) is 5.24. The second-order valence-electron chi connectivity index (χ2n) is 3.64. The maximum absolute atomic E-state index is 11.5. The Morgan fingerprint density at radius 1 is 1.38 bits per heavy atom. The number of carbonyl (C=O) groups excluding carboxylic acids is 1. The lowest BCUT2D eigenvalue weighted by molar-refractivity contribution is -0.145. The van der Waals surface area contributed by atoms with Gasteiger partial charge in [0.2, 0.25) is 0 Å². The van der Waals surface area contributed by atoms with Crippen LogP contribution in [0.5, 0.6) is 11.5 Å². The standard InChI is InChI=1S/C12H16O4/c1-3-6-16-12(15)8(2)9-4-5-10(13)11(14)7-9/h4-5,7-8,13-14H,3,6H2,1-2H3. The lowest BCUT2D eigenvalue weighted by Gasteiger charge is -2.11. The number of phenols is 2. The molecular formula is C12H16O4. The number of rotatable bonds is 4. The summed E-state index contributed by atoms with van der Waals surface area (Å²) in [7, 11) is 0. The molecule has 0 aliphatic carbocycles. The van der Waals surface area contributed by atoms with Crippen molar-refractivity contribution in [2.24, 2.45) is 0 Å². The molecule has 0 aromatic heterocycles. The molecule has 1 aromatic rings. The van der Waals surface area contributed by atoms with E-state index in [1.807, 2.05) is 6.92 Å². The van der Waals surface area contributed by atoms with Crippen LogP contribution in [-0.4, -0.2) is 22.8 Å². The Hall–Kier alpha value is -1.71. The van der Waals surface area contributed by atoms with Gasteiger partial charge in [-0.2, -0.15) is 0 Å². The number of hydrogen-bond acceptors (Lipinski definition) is 4. The number of benzene rings is 1. The zero-order valence-electron chi connectivity index (χ0n) is 9.43. The summed E-state index contributed by atoms with van der Waals surface area (Å²) in [5, 5.41) is 18.4. The van der Waals surface area contributed by atoms with E-state index in [2.05, 4.69) is 0 Å². The van der Waals surface area contributed by atoms with Crippen molar-refractivity contribution >= 4 is 5.97 Å². The Balaban J connectivity index is 2.75. The van der Waals surface area contributed by atoms with E-state index in [1.54, 1.807) is 13.0 Å². The SMILES string of the molecule is CCCOC(=O)C(C)c1ccc(O)c(O)c1. The number of phenolic OH excluding ortho intramolecular Hbond substituents is 2. The first kappa shape index (κ1) is 12.4. The lowest BCUT2D eigenvalue weighted by atomic mass is 10.0. The maximum atomic E-state index is 11.5. The van der Waals surface area contributed by atoms with Crippen molar-refractivity contribution in [2.45, 2.75) is 26.2 Å². The van der Waals surface area contributed by atoms with Crippen LogP contribution in [0.1, 0.15) is 31.7 Å². The fourth-order valence-corrected chi connectivity index (χ4v) is 1.27. The minimum atomic E-state index is -0.446. The Morgan fingerprint density at radius 2 is 2.06 bits per heavy atom. The number of ether oxygens (including phenoxy) is 1. The van der Waals surface area contributed by atoms with E-state index in [-0.39, 0.29) is 17.5 Å². The number of hydrogen-bond donors (Lipinski definition) is 2. The largest absolute Gasteiger partial charge is 0.504 e. The summed E-state index contributed by atoms with van der Waals surface area (Å²) in [6.45, 7) is 4.02. The Morgan fingerprint density at radius 3 is 2.62 bits per heavy atom. The third-order valence-corrected chi connectivity index (χ3v) is 2.30. The zero-order valence-corrected chi connectivity index (χ0v) is 9.43. The molecular weight excluding hydrogens is 208 g/mol. The van der Waals surface area contributed by atoms with Gasteiger partial charge < -0.3 is 14.9 Å². The third-order valence-electron chi connectivity index (χ3n) is 2.30. The topological polar surface area (TPSA) is 66.8 Å². The van der Waals surface area contributed by atoms with E-state index in [0.717, 1.165) is 6.42 Å². The van der Waals surface area contributed by atoms with Crippen molar-refractivity contribution in [2.75, 3.05) is 6.61 Å². The van der Waals surface area contributed by atoms with Gasteiger partial charge in [-0.1, -0.05) is 13.0 Å². The molecule has 0 spiro atoms. The van der Waals surface area contributed by atoms with E-state index in [1.165, 1.54) is 12.1 Å². The van der Waals surface area contributed by atoms with Crippen molar-refractivity contribution in [1.82, 2.24) is 0 Å². The first-order valence-electron chi connectivity index (χ1n) is 5.24. The smallest absolute Gasteiger partial charge is 0.313 e. The van der Waals surface area contributed by atoms with E-state index < -0.39 is 5.92 Å². The number of aromatic hydroxyl groups is 2. The highest BCUT2D eigenvalue weighted by molar-refractivity contribution is 5.78. The summed E-state index contributed by atoms with van der Waals surface area (Å²) in [6, 6.07) is 4.31. The molecule has 1 aromatic carbocycles. The molecule has 0 saturated heterocycles. The molecule has 0 aliphatic rings. The summed E-state index contributed by atoms with van der Waals surface area (Å²) >= 11 is 0. The molecule has 1 rings (SSSR count). The summed E-state index contributed by atoms with van der Waals surface area (Å²) < 4.78 is 4.99. The van der Waals surface area contributed by atoms with E-state index in [4.69, 9.17) is 9.84 Å². The summed E-state index contributed by atoms with van der Waals surface area (Å²) in [5.41, 5.74) is 0.622.